The van der Waals surface area contributed by atoms with Crippen LogP contribution < -0.4 is 24.4 Å². The standard InChI is InChI=1S/C22H28FN3O4/c1-28-19-15-21(30-3)20(29-2)14-18(19)22(27)24-8-9-25-10-12-26(13-11-25)17-6-4-16(23)5-7-17/h4-7,14-15H,8-13H2,1-3H3,(H,24,27). The fourth-order valence-electron chi connectivity index (χ4n) is 3.51. The summed E-state index contributed by atoms with van der Waals surface area (Å²) < 4.78 is 29.0. The molecular weight excluding hydrogens is 389 g/mol. The first-order valence-corrected chi connectivity index (χ1v) is 9.86. The van der Waals surface area contributed by atoms with E-state index >= 15 is 0 Å². The molecule has 0 aliphatic carbocycles. The van der Waals surface area contributed by atoms with Crippen molar-refractivity contribution in [2.75, 3.05) is 65.5 Å². The van der Waals surface area contributed by atoms with Crippen molar-refractivity contribution in [3.63, 3.8) is 0 Å². The van der Waals surface area contributed by atoms with Crippen molar-refractivity contribution in [1.29, 1.82) is 0 Å². The maximum absolute atomic E-state index is 13.1. The molecule has 0 saturated carbocycles. The van der Waals surface area contributed by atoms with E-state index < -0.39 is 0 Å². The molecule has 1 amide bonds. The fraction of sp³-hybridized carbons (Fsp3) is 0.409. The van der Waals surface area contributed by atoms with E-state index in [2.05, 4.69) is 15.1 Å². The Labute approximate surface area is 176 Å². The van der Waals surface area contributed by atoms with Crippen molar-refractivity contribution in [1.82, 2.24) is 10.2 Å². The summed E-state index contributed by atoms with van der Waals surface area (Å²) in [6, 6.07) is 9.85. The van der Waals surface area contributed by atoms with Crippen LogP contribution in [-0.4, -0.2) is 71.4 Å². The molecule has 0 radical (unpaired) electrons. The van der Waals surface area contributed by atoms with Gasteiger partial charge in [-0.3, -0.25) is 9.69 Å². The summed E-state index contributed by atoms with van der Waals surface area (Å²) in [4.78, 5) is 17.2. The van der Waals surface area contributed by atoms with Crippen molar-refractivity contribution in [2.45, 2.75) is 0 Å². The quantitative estimate of drug-likeness (QED) is 0.712. The molecule has 7 nitrogen and oxygen atoms in total. The highest BCUT2D eigenvalue weighted by atomic mass is 19.1. The number of rotatable bonds is 8. The molecule has 162 valence electrons. The van der Waals surface area contributed by atoms with Crippen molar-refractivity contribution in [2.24, 2.45) is 0 Å². The molecule has 1 aliphatic rings. The van der Waals surface area contributed by atoms with Crippen LogP contribution in [-0.2, 0) is 0 Å². The number of anilines is 1. The van der Waals surface area contributed by atoms with Crippen LogP contribution in [0.25, 0.3) is 0 Å². The number of halogens is 1. The number of ether oxygens (including phenoxy) is 3. The fourth-order valence-corrected chi connectivity index (χ4v) is 3.51. The number of hydrogen-bond acceptors (Lipinski definition) is 6. The average Bonchev–Trinajstić information content (AvgIpc) is 2.79. The van der Waals surface area contributed by atoms with Gasteiger partial charge in [-0.15, -0.1) is 0 Å². The molecule has 1 saturated heterocycles. The van der Waals surface area contributed by atoms with Gasteiger partial charge in [-0.25, -0.2) is 4.39 Å². The lowest BCUT2D eigenvalue weighted by Gasteiger charge is -2.36. The van der Waals surface area contributed by atoms with Crippen molar-refractivity contribution < 1.29 is 23.4 Å². The predicted octanol–water partition coefficient (Wildman–Crippen LogP) is 2.40. The summed E-state index contributed by atoms with van der Waals surface area (Å²) in [6.45, 7) is 4.76. The van der Waals surface area contributed by atoms with E-state index in [4.69, 9.17) is 14.2 Å². The number of carbonyl (C=O) groups excluding carboxylic acids is 1. The number of nitrogens with one attached hydrogen (secondary N) is 1. The van der Waals surface area contributed by atoms with Crippen molar-refractivity contribution in [3.8, 4) is 17.2 Å². The van der Waals surface area contributed by atoms with Crippen LogP contribution in [0.5, 0.6) is 17.2 Å². The zero-order chi connectivity index (χ0) is 21.5. The Hall–Kier alpha value is -3.00. The van der Waals surface area contributed by atoms with Crippen molar-refractivity contribution >= 4 is 11.6 Å². The van der Waals surface area contributed by atoms with Gasteiger partial charge in [-0.2, -0.15) is 0 Å². The topological polar surface area (TPSA) is 63.3 Å². The lowest BCUT2D eigenvalue weighted by molar-refractivity contribution is 0.0944. The Morgan fingerprint density at radius 3 is 2.13 bits per heavy atom. The minimum absolute atomic E-state index is 0.223. The van der Waals surface area contributed by atoms with Gasteiger partial charge in [0.15, 0.2) is 11.5 Å². The van der Waals surface area contributed by atoms with Crippen LogP contribution in [0.15, 0.2) is 36.4 Å². The van der Waals surface area contributed by atoms with E-state index in [1.807, 2.05) is 12.1 Å². The number of methoxy groups -OCH3 is 3. The number of piperazine rings is 1. The summed E-state index contributed by atoms with van der Waals surface area (Å²) in [5.74, 6) is 0.959. The molecule has 2 aromatic rings. The van der Waals surface area contributed by atoms with Gasteiger partial charge in [-0.05, 0) is 24.3 Å². The second-order valence-corrected chi connectivity index (χ2v) is 6.97. The first-order chi connectivity index (χ1) is 14.5. The van der Waals surface area contributed by atoms with Crippen LogP contribution in [0.2, 0.25) is 0 Å². The van der Waals surface area contributed by atoms with Gasteiger partial charge in [0.1, 0.15) is 11.6 Å². The van der Waals surface area contributed by atoms with E-state index in [1.54, 1.807) is 12.1 Å². The number of hydrogen-bond donors (Lipinski definition) is 1. The van der Waals surface area contributed by atoms with Gasteiger partial charge in [0.05, 0.1) is 26.9 Å². The largest absolute Gasteiger partial charge is 0.496 e. The van der Waals surface area contributed by atoms with Crippen LogP contribution in [0.3, 0.4) is 0 Å². The smallest absolute Gasteiger partial charge is 0.255 e. The number of benzene rings is 2. The van der Waals surface area contributed by atoms with Gasteiger partial charge in [-0.1, -0.05) is 0 Å². The summed E-state index contributed by atoms with van der Waals surface area (Å²) in [7, 11) is 4.57. The molecule has 1 N–H and O–H groups in total. The number of carbonyl (C=O) groups is 1. The summed E-state index contributed by atoms with van der Waals surface area (Å²) in [5.41, 5.74) is 1.43. The zero-order valence-electron chi connectivity index (χ0n) is 17.6. The third-order valence-electron chi connectivity index (χ3n) is 5.23. The molecule has 30 heavy (non-hydrogen) atoms. The van der Waals surface area contributed by atoms with Crippen LogP contribution in [0.1, 0.15) is 10.4 Å². The molecule has 1 heterocycles. The van der Waals surface area contributed by atoms with E-state index in [-0.39, 0.29) is 11.7 Å². The lowest BCUT2D eigenvalue weighted by atomic mass is 10.1. The van der Waals surface area contributed by atoms with E-state index in [0.717, 1.165) is 38.4 Å². The monoisotopic (exact) mass is 417 g/mol. The molecule has 0 aromatic heterocycles. The third kappa shape index (κ3) is 5.13. The molecule has 8 heteroatoms. The van der Waals surface area contributed by atoms with Crippen LogP contribution in [0, 0.1) is 5.82 Å². The maximum Gasteiger partial charge on any atom is 0.255 e. The summed E-state index contributed by atoms with van der Waals surface area (Å²) in [6.07, 6.45) is 0. The second kappa shape index (κ2) is 10.2. The highest BCUT2D eigenvalue weighted by Gasteiger charge is 2.19. The van der Waals surface area contributed by atoms with Crippen molar-refractivity contribution in [3.05, 3.63) is 47.8 Å². The van der Waals surface area contributed by atoms with Crippen LogP contribution in [0.4, 0.5) is 10.1 Å². The van der Waals surface area contributed by atoms with Crippen LogP contribution >= 0.6 is 0 Å². The summed E-state index contributed by atoms with van der Waals surface area (Å²) >= 11 is 0. The highest BCUT2D eigenvalue weighted by molar-refractivity contribution is 5.97. The normalized spacial score (nSPS) is 14.3. The van der Waals surface area contributed by atoms with E-state index in [9.17, 15) is 9.18 Å². The summed E-state index contributed by atoms with van der Waals surface area (Å²) in [5, 5.41) is 2.95. The highest BCUT2D eigenvalue weighted by Crippen LogP contribution is 2.34. The molecular formula is C22H28FN3O4. The Balaban J connectivity index is 1.50. The van der Waals surface area contributed by atoms with Gasteiger partial charge < -0.3 is 24.4 Å². The Morgan fingerprint density at radius 2 is 1.53 bits per heavy atom. The minimum Gasteiger partial charge on any atom is -0.496 e. The van der Waals surface area contributed by atoms with Gasteiger partial charge >= 0.3 is 0 Å². The van der Waals surface area contributed by atoms with E-state index in [1.165, 1.54) is 33.5 Å². The minimum atomic E-state index is -0.224. The molecule has 0 unspecified atom stereocenters. The molecule has 0 bridgehead atoms. The van der Waals surface area contributed by atoms with Gasteiger partial charge in [0.25, 0.3) is 5.91 Å². The van der Waals surface area contributed by atoms with Gasteiger partial charge in [0.2, 0.25) is 0 Å². The SMILES string of the molecule is COc1cc(OC)c(C(=O)NCCN2CCN(c3ccc(F)cc3)CC2)cc1OC. The lowest BCUT2D eigenvalue weighted by Crippen LogP contribution is -2.48. The Bertz CT molecular complexity index is 852. The molecule has 0 spiro atoms. The number of amides is 1. The first-order valence-electron chi connectivity index (χ1n) is 9.86. The average molecular weight is 417 g/mol. The molecule has 0 atom stereocenters. The molecule has 2 aromatic carbocycles. The Kier molecular flexibility index (Phi) is 7.35. The molecule has 3 rings (SSSR count). The predicted molar refractivity (Wildman–Crippen MR) is 113 cm³/mol. The zero-order valence-corrected chi connectivity index (χ0v) is 17.6. The third-order valence-corrected chi connectivity index (χ3v) is 5.23. The van der Waals surface area contributed by atoms with E-state index in [0.29, 0.717) is 29.4 Å². The maximum atomic E-state index is 13.1. The first kappa shape index (κ1) is 21.7. The second-order valence-electron chi connectivity index (χ2n) is 6.97. The number of nitrogens with zero attached hydrogens (tertiary/aromatic N) is 2. The molecule has 1 fully saturated rings. The Morgan fingerprint density at radius 1 is 0.933 bits per heavy atom. The molecule has 1 aliphatic heterocycles. The van der Waals surface area contributed by atoms with Gasteiger partial charge in [0, 0.05) is 57.1 Å².